The first-order valence-electron chi connectivity index (χ1n) is 7.50. The van der Waals surface area contributed by atoms with E-state index in [9.17, 15) is 4.79 Å². The van der Waals surface area contributed by atoms with Crippen molar-refractivity contribution in [2.75, 3.05) is 14.2 Å². The molecule has 0 aliphatic carbocycles. The lowest BCUT2D eigenvalue weighted by atomic mass is 10.1. The fourth-order valence-corrected chi connectivity index (χ4v) is 2.55. The maximum Gasteiger partial charge on any atom is 0.316 e. The van der Waals surface area contributed by atoms with Crippen molar-refractivity contribution in [3.8, 4) is 17.2 Å². The summed E-state index contributed by atoms with van der Waals surface area (Å²) in [6.07, 6.45) is 1.68. The Kier molecular flexibility index (Phi) is 4.42. The topological polar surface area (TPSA) is 57.9 Å². The van der Waals surface area contributed by atoms with Gasteiger partial charge < -0.3 is 18.6 Å². The zero-order valence-electron chi connectivity index (χ0n) is 13.8. The Labute approximate surface area is 139 Å². The molecule has 0 fully saturated rings. The molecule has 5 heteroatoms. The van der Waals surface area contributed by atoms with Gasteiger partial charge in [0.2, 0.25) is 5.75 Å². The number of methoxy groups -OCH3 is 2. The van der Waals surface area contributed by atoms with Crippen LogP contribution in [0.15, 0.2) is 47.1 Å². The maximum atomic E-state index is 12.4. The van der Waals surface area contributed by atoms with Gasteiger partial charge in [0.15, 0.2) is 11.5 Å². The second kappa shape index (κ2) is 6.66. The van der Waals surface area contributed by atoms with Crippen LogP contribution >= 0.6 is 0 Å². The van der Waals surface area contributed by atoms with Gasteiger partial charge in [-0.1, -0.05) is 18.2 Å². The van der Waals surface area contributed by atoms with Crippen LogP contribution in [0.3, 0.4) is 0 Å². The molecule has 0 saturated carbocycles. The van der Waals surface area contributed by atoms with Crippen molar-refractivity contribution in [3.63, 3.8) is 0 Å². The Hall–Kier alpha value is -2.95. The summed E-state index contributed by atoms with van der Waals surface area (Å²) in [6.45, 7) is 1.99. The molecule has 1 aromatic heterocycles. The Balaban J connectivity index is 1.83. The van der Waals surface area contributed by atoms with Crippen LogP contribution in [0.4, 0.5) is 0 Å². The average molecular weight is 326 g/mol. The van der Waals surface area contributed by atoms with Crippen LogP contribution in [0.5, 0.6) is 17.2 Å². The molecule has 3 rings (SSSR count). The molecule has 0 aliphatic heterocycles. The van der Waals surface area contributed by atoms with Gasteiger partial charge in [-0.3, -0.25) is 4.79 Å². The quantitative estimate of drug-likeness (QED) is 0.525. The predicted molar refractivity (Wildman–Crippen MR) is 89.8 cm³/mol. The van der Waals surface area contributed by atoms with Crippen molar-refractivity contribution in [1.29, 1.82) is 0 Å². The number of hydrogen-bond acceptors (Lipinski definition) is 5. The van der Waals surface area contributed by atoms with Crippen molar-refractivity contribution in [2.45, 2.75) is 13.3 Å². The summed E-state index contributed by atoms with van der Waals surface area (Å²) >= 11 is 0. The average Bonchev–Trinajstić information content (AvgIpc) is 2.96. The maximum absolute atomic E-state index is 12.4. The molecule has 0 unspecified atom stereocenters. The molecule has 124 valence electrons. The standard InChI is InChI=1S/C19H18O5/c1-12-7-8-14-13(11-23-17(14)9-12)10-18(20)24-19-15(21-2)5-4-6-16(19)22-3/h4-9,11H,10H2,1-3H3. The highest BCUT2D eigenvalue weighted by molar-refractivity contribution is 5.87. The SMILES string of the molecule is COc1cccc(OC)c1OC(=O)Cc1coc2cc(C)ccc12. The molecule has 0 saturated heterocycles. The normalized spacial score (nSPS) is 10.6. The Morgan fingerprint density at radius 3 is 2.46 bits per heavy atom. The van der Waals surface area contributed by atoms with Crippen LogP contribution in [0.25, 0.3) is 11.0 Å². The highest BCUT2D eigenvalue weighted by Crippen LogP contribution is 2.37. The lowest BCUT2D eigenvalue weighted by Crippen LogP contribution is -2.12. The van der Waals surface area contributed by atoms with Crippen LogP contribution in [-0.2, 0) is 11.2 Å². The summed E-state index contributed by atoms with van der Waals surface area (Å²) in [5.74, 6) is 0.739. The summed E-state index contributed by atoms with van der Waals surface area (Å²) < 4.78 is 21.5. The molecule has 2 aromatic carbocycles. The van der Waals surface area contributed by atoms with E-state index in [-0.39, 0.29) is 12.2 Å². The fraction of sp³-hybridized carbons (Fsp3) is 0.211. The van der Waals surface area contributed by atoms with Crippen molar-refractivity contribution in [2.24, 2.45) is 0 Å². The summed E-state index contributed by atoms with van der Waals surface area (Å²) in [7, 11) is 3.02. The van der Waals surface area contributed by atoms with Gasteiger partial charge in [0.05, 0.1) is 26.9 Å². The second-order valence-electron chi connectivity index (χ2n) is 5.40. The van der Waals surface area contributed by atoms with Crippen LogP contribution in [0.1, 0.15) is 11.1 Å². The van der Waals surface area contributed by atoms with E-state index in [1.165, 1.54) is 14.2 Å². The summed E-state index contributed by atoms with van der Waals surface area (Å²) in [6, 6.07) is 11.0. The first-order valence-corrected chi connectivity index (χ1v) is 7.50. The number of furan rings is 1. The molecule has 0 N–H and O–H groups in total. The van der Waals surface area contributed by atoms with Crippen LogP contribution in [0, 0.1) is 6.92 Å². The van der Waals surface area contributed by atoms with E-state index in [0.717, 1.165) is 22.1 Å². The van der Waals surface area contributed by atoms with E-state index in [1.807, 2.05) is 25.1 Å². The predicted octanol–water partition coefficient (Wildman–Crippen LogP) is 3.91. The zero-order chi connectivity index (χ0) is 17.1. The monoisotopic (exact) mass is 326 g/mol. The largest absolute Gasteiger partial charge is 0.493 e. The van der Waals surface area contributed by atoms with Crippen molar-refractivity contribution >= 4 is 16.9 Å². The molecular formula is C19H18O5. The second-order valence-corrected chi connectivity index (χ2v) is 5.40. The van der Waals surface area contributed by atoms with Crippen LogP contribution in [-0.4, -0.2) is 20.2 Å². The number of aryl methyl sites for hydroxylation is 1. The van der Waals surface area contributed by atoms with Crippen molar-refractivity contribution < 1.29 is 23.4 Å². The van der Waals surface area contributed by atoms with Gasteiger partial charge >= 0.3 is 5.97 Å². The number of para-hydroxylation sites is 1. The minimum atomic E-state index is -0.416. The molecule has 1 heterocycles. The highest BCUT2D eigenvalue weighted by Gasteiger charge is 2.17. The van der Waals surface area contributed by atoms with E-state index < -0.39 is 5.97 Å². The van der Waals surface area contributed by atoms with Crippen molar-refractivity contribution in [1.82, 2.24) is 0 Å². The Morgan fingerprint density at radius 2 is 1.79 bits per heavy atom. The number of carbonyl (C=O) groups excluding carboxylic acids is 1. The Morgan fingerprint density at radius 1 is 1.08 bits per heavy atom. The van der Waals surface area contributed by atoms with Gasteiger partial charge in [0.1, 0.15) is 5.58 Å². The summed E-state index contributed by atoms with van der Waals surface area (Å²) in [4.78, 5) is 12.4. The number of carbonyl (C=O) groups is 1. The number of esters is 1. The van der Waals surface area contributed by atoms with Crippen molar-refractivity contribution in [3.05, 3.63) is 53.8 Å². The van der Waals surface area contributed by atoms with E-state index in [1.54, 1.807) is 24.5 Å². The number of benzene rings is 2. The lowest BCUT2D eigenvalue weighted by Gasteiger charge is -2.12. The first kappa shape index (κ1) is 15.9. The third kappa shape index (κ3) is 3.06. The van der Waals surface area contributed by atoms with E-state index in [0.29, 0.717) is 11.5 Å². The Bertz CT molecular complexity index is 856. The molecule has 0 bridgehead atoms. The molecule has 24 heavy (non-hydrogen) atoms. The molecule has 0 amide bonds. The number of ether oxygens (including phenoxy) is 3. The molecule has 0 atom stereocenters. The smallest absolute Gasteiger partial charge is 0.316 e. The van der Waals surface area contributed by atoms with E-state index in [4.69, 9.17) is 18.6 Å². The van der Waals surface area contributed by atoms with Gasteiger partial charge in [0.25, 0.3) is 0 Å². The van der Waals surface area contributed by atoms with Gasteiger partial charge in [-0.2, -0.15) is 0 Å². The van der Waals surface area contributed by atoms with E-state index >= 15 is 0 Å². The molecule has 0 spiro atoms. The molecule has 0 radical (unpaired) electrons. The third-order valence-corrected chi connectivity index (χ3v) is 3.74. The minimum Gasteiger partial charge on any atom is -0.493 e. The molecule has 5 nitrogen and oxygen atoms in total. The van der Waals surface area contributed by atoms with E-state index in [2.05, 4.69) is 0 Å². The van der Waals surface area contributed by atoms with Gasteiger partial charge in [-0.25, -0.2) is 0 Å². The molecular weight excluding hydrogens is 308 g/mol. The molecule has 0 aliphatic rings. The van der Waals surface area contributed by atoms with Gasteiger partial charge in [-0.15, -0.1) is 0 Å². The lowest BCUT2D eigenvalue weighted by molar-refractivity contribution is -0.133. The summed E-state index contributed by atoms with van der Waals surface area (Å²) in [5, 5.41) is 0.907. The number of rotatable bonds is 5. The zero-order valence-corrected chi connectivity index (χ0v) is 13.8. The van der Waals surface area contributed by atoms with Gasteiger partial charge in [0, 0.05) is 10.9 Å². The highest BCUT2D eigenvalue weighted by atomic mass is 16.6. The summed E-state index contributed by atoms with van der Waals surface area (Å²) in [5.41, 5.74) is 2.64. The van der Waals surface area contributed by atoms with Gasteiger partial charge in [-0.05, 0) is 30.7 Å². The minimum absolute atomic E-state index is 0.0945. The van der Waals surface area contributed by atoms with Crippen LogP contribution < -0.4 is 14.2 Å². The van der Waals surface area contributed by atoms with Crippen LogP contribution in [0.2, 0.25) is 0 Å². The molecule has 3 aromatic rings. The number of fused-ring (bicyclic) bond motifs is 1. The first-order chi connectivity index (χ1) is 11.6. The number of hydrogen-bond donors (Lipinski definition) is 0. The third-order valence-electron chi connectivity index (χ3n) is 3.74. The fourth-order valence-electron chi connectivity index (χ4n) is 2.55.